The van der Waals surface area contributed by atoms with Crippen LogP contribution < -0.4 is 4.90 Å². The van der Waals surface area contributed by atoms with Crippen molar-refractivity contribution >= 4 is 11.7 Å². The first-order valence-corrected chi connectivity index (χ1v) is 10.0. The molecule has 5 nitrogen and oxygen atoms in total. The summed E-state index contributed by atoms with van der Waals surface area (Å²) in [7, 11) is 3.81. The molecule has 1 aromatic carbocycles. The van der Waals surface area contributed by atoms with Crippen LogP contribution in [0.1, 0.15) is 56.3 Å². The lowest BCUT2D eigenvalue weighted by atomic mass is 9.94. The summed E-state index contributed by atoms with van der Waals surface area (Å²) in [6, 6.07) is 6.53. The van der Waals surface area contributed by atoms with Crippen LogP contribution in [-0.2, 0) is 0 Å². The maximum atomic E-state index is 13.3. The van der Waals surface area contributed by atoms with Crippen LogP contribution in [-0.4, -0.2) is 47.0 Å². The van der Waals surface area contributed by atoms with Crippen LogP contribution in [0.15, 0.2) is 30.5 Å². The van der Waals surface area contributed by atoms with Crippen LogP contribution in [0.2, 0.25) is 0 Å². The SMILES string of the molecule is CC(C)N(C)c1nc(-c2ccc(F)cc2)ncc1C(=O)N(C)C1CCCCC1. The van der Waals surface area contributed by atoms with Gasteiger partial charge in [-0.1, -0.05) is 19.3 Å². The van der Waals surface area contributed by atoms with Crippen molar-refractivity contribution in [2.75, 3.05) is 19.0 Å². The Kier molecular flexibility index (Phi) is 6.27. The van der Waals surface area contributed by atoms with Crippen LogP contribution >= 0.6 is 0 Å². The highest BCUT2D eigenvalue weighted by molar-refractivity contribution is 5.99. The molecule has 6 heteroatoms. The minimum atomic E-state index is -0.302. The summed E-state index contributed by atoms with van der Waals surface area (Å²) in [6.45, 7) is 4.11. The fourth-order valence-corrected chi connectivity index (χ4v) is 3.60. The van der Waals surface area contributed by atoms with E-state index in [0.717, 1.165) is 18.4 Å². The van der Waals surface area contributed by atoms with Gasteiger partial charge in [-0.2, -0.15) is 0 Å². The zero-order valence-electron chi connectivity index (χ0n) is 17.2. The van der Waals surface area contributed by atoms with E-state index in [-0.39, 0.29) is 23.8 Å². The van der Waals surface area contributed by atoms with Gasteiger partial charge in [-0.15, -0.1) is 0 Å². The summed E-state index contributed by atoms with van der Waals surface area (Å²) in [4.78, 5) is 26.2. The molecule has 28 heavy (non-hydrogen) atoms. The average Bonchev–Trinajstić information content (AvgIpc) is 2.73. The normalized spacial score (nSPS) is 14.9. The lowest BCUT2D eigenvalue weighted by Crippen LogP contribution is -2.39. The molecule has 1 saturated carbocycles. The first kappa shape index (κ1) is 20.2. The van der Waals surface area contributed by atoms with Crippen LogP contribution in [0.3, 0.4) is 0 Å². The molecule has 150 valence electrons. The number of nitrogens with zero attached hydrogens (tertiary/aromatic N) is 4. The van der Waals surface area contributed by atoms with E-state index in [2.05, 4.69) is 23.8 Å². The van der Waals surface area contributed by atoms with Gasteiger partial charge >= 0.3 is 0 Å². The van der Waals surface area contributed by atoms with Gasteiger partial charge in [-0.05, 0) is 51.0 Å². The second-order valence-corrected chi connectivity index (χ2v) is 7.85. The summed E-state index contributed by atoms with van der Waals surface area (Å²) in [5, 5.41) is 0. The summed E-state index contributed by atoms with van der Waals surface area (Å²) < 4.78 is 13.3. The maximum Gasteiger partial charge on any atom is 0.259 e. The highest BCUT2D eigenvalue weighted by atomic mass is 19.1. The topological polar surface area (TPSA) is 49.3 Å². The van der Waals surface area contributed by atoms with Crippen LogP contribution in [0.5, 0.6) is 0 Å². The number of carbonyl (C=O) groups excluding carboxylic acids is 1. The number of halogens is 1. The smallest absolute Gasteiger partial charge is 0.259 e. The molecular formula is C22H29FN4O. The van der Waals surface area contributed by atoms with Gasteiger partial charge in [-0.3, -0.25) is 4.79 Å². The molecule has 0 N–H and O–H groups in total. The largest absolute Gasteiger partial charge is 0.356 e. The fourth-order valence-electron chi connectivity index (χ4n) is 3.60. The minimum absolute atomic E-state index is 0.0416. The van der Waals surface area contributed by atoms with Crippen molar-refractivity contribution in [3.05, 3.63) is 41.8 Å². The van der Waals surface area contributed by atoms with Crippen molar-refractivity contribution in [2.24, 2.45) is 0 Å². The highest BCUT2D eigenvalue weighted by Crippen LogP contribution is 2.27. The summed E-state index contributed by atoms with van der Waals surface area (Å²) in [5.41, 5.74) is 1.23. The molecule has 0 radical (unpaired) electrons. The molecule has 1 aliphatic carbocycles. The standard InChI is InChI=1S/C22H29FN4O/c1-15(2)26(3)21-19(22(28)27(4)18-8-6-5-7-9-18)14-24-20(25-21)16-10-12-17(23)13-11-16/h10-15,18H,5-9H2,1-4H3. The fraction of sp³-hybridized carbons (Fsp3) is 0.500. The highest BCUT2D eigenvalue weighted by Gasteiger charge is 2.27. The Hall–Kier alpha value is -2.50. The van der Waals surface area contributed by atoms with Crippen molar-refractivity contribution in [1.82, 2.24) is 14.9 Å². The van der Waals surface area contributed by atoms with E-state index in [4.69, 9.17) is 0 Å². The first-order valence-electron chi connectivity index (χ1n) is 10.0. The number of rotatable bonds is 5. The average molecular weight is 384 g/mol. The van der Waals surface area contributed by atoms with E-state index in [9.17, 15) is 9.18 Å². The van der Waals surface area contributed by atoms with Gasteiger partial charge in [0.25, 0.3) is 5.91 Å². The quantitative estimate of drug-likeness (QED) is 0.760. The number of hydrogen-bond donors (Lipinski definition) is 0. The van der Waals surface area contributed by atoms with Crippen molar-refractivity contribution in [2.45, 2.75) is 58.0 Å². The van der Waals surface area contributed by atoms with Gasteiger partial charge < -0.3 is 9.80 Å². The third-order valence-corrected chi connectivity index (χ3v) is 5.65. The van der Waals surface area contributed by atoms with E-state index < -0.39 is 0 Å². The molecule has 0 spiro atoms. The second-order valence-electron chi connectivity index (χ2n) is 7.85. The van der Waals surface area contributed by atoms with Crippen molar-refractivity contribution in [1.29, 1.82) is 0 Å². The molecular weight excluding hydrogens is 355 g/mol. The molecule has 1 fully saturated rings. The summed E-state index contributed by atoms with van der Waals surface area (Å²) in [5.74, 6) is 0.751. The van der Waals surface area contributed by atoms with E-state index in [1.54, 1.807) is 18.3 Å². The predicted octanol–water partition coefficient (Wildman–Crippen LogP) is 4.53. The van der Waals surface area contributed by atoms with E-state index in [1.165, 1.54) is 31.4 Å². The minimum Gasteiger partial charge on any atom is -0.356 e. The number of aromatic nitrogens is 2. The Balaban J connectivity index is 1.97. The molecule has 1 aliphatic rings. The second kappa shape index (κ2) is 8.67. The number of carbonyl (C=O) groups is 1. The van der Waals surface area contributed by atoms with Gasteiger partial charge in [0.1, 0.15) is 17.2 Å². The van der Waals surface area contributed by atoms with Crippen molar-refractivity contribution in [3.63, 3.8) is 0 Å². The first-order chi connectivity index (χ1) is 13.4. The molecule has 1 aromatic heterocycles. The lowest BCUT2D eigenvalue weighted by molar-refractivity contribution is 0.0696. The molecule has 0 aliphatic heterocycles. The Morgan fingerprint density at radius 3 is 2.36 bits per heavy atom. The molecule has 1 amide bonds. The number of hydrogen-bond acceptors (Lipinski definition) is 4. The molecule has 0 atom stereocenters. The van der Waals surface area contributed by atoms with Gasteiger partial charge in [0.15, 0.2) is 5.82 Å². The molecule has 3 rings (SSSR count). The van der Waals surface area contributed by atoms with E-state index in [1.807, 2.05) is 23.9 Å². The zero-order valence-corrected chi connectivity index (χ0v) is 17.2. The van der Waals surface area contributed by atoms with Crippen LogP contribution in [0.4, 0.5) is 10.2 Å². The van der Waals surface area contributed by atoms with Gasteiger partial charge in [-0.25, -0.2) is 14.4 Å². The molecule has 0 unspecified atom stereocenters. The van der Waals surface area contributed by atoms with Gasteiger partial charge in [0.05, 0.1) is 0 Å². The van der Waals surface area contributed by atoms with Crippen LogP contribution in [0, 0.1) is 5.82 Å². The van der Waals surface area contributed by atoms with Gasteiger partial charge in [0.2, 0.25) is 0 Å². The Labute approximate surface area is 166 Å². The number of benzene rings is 1. The Morgan fingerprint density at radius 2 is 1.75 bits per heavy atom. The summed E-state index contributed by atoms with van der Waals surface area (Å²) in [6.07, 6.45) is 7.29. The van der Waals surface area contributed by atoms with Gasteiger partial charge in [0, 0.05) is 37.9 Å². The van der Waals surface area contributed by atoms with Crippen LogP contribution in [0.25, 0.3) is 11.4 Å². The van der Waals surface area contributed by atoms with Crippen molar-refractivity contribution < 1.29 is 9.18 Å². The van der Waals surface area contributed by atoms with E-state index >= 15 is 0 Å². The number of amides is 1. The molecule has 1 heterocycles. The predicted molar refractivity (Wildman–Crippen MR) is 110 cm³/mol. The maximum absolute atomic E-state index is 13.3. The van der Waals surface area contributed by atoms with Crippen molar-refractivity contribution in [3.8, 4) is 11.4 Å². The molecule has 2 aromatic rings. The Bertz CT molecular complexity index is 816. The monoisotopic (exact) mass is 384 g/mol. The lowest BCUT2D eigenvalue weighted by Gasteiger charge is -2.32. The third-order valence-electron chi connectivity index (χ3n) is 5.65. The summed E-state index contributed by atoms with van der Waals surface area (Å²) >= 11 is 0. The number of anilines is 1. The third kappa shape index (κ3) is 4.32. The zero-order chi connectivity index (χ0) is 20.3. The Morgan fingerprint density at radius 1 is 1.11 bits per heavy atom. The molecule has 0 bridgehead atoms. The van der Waals surface area contributed by atoms with E-state index in [0.29, 0.717) is 17.2 Å². The molecule has 0 saturated heterocycles.